The third kappa shape index (κ3) is 10.6. The number of fused-ring (bicyclic) bond motifs is 1. The van der Waals surface area contributed by atoms with Crippen molar-refractivity contribution in [1.29, 1.82) is 0 Å². The highest BCUT2D eigenvalue weighted by atomic mass is 32.1. The number of amides is 3. The zero-order chi connectivity index (χ0) is 40.4. The summed E-state index contributed by atoms with van der Waals surface area (Å²) >= 11 is 1.46. The molecular formula is C43H50N4O8S. The number of aliphatic carboxylic acids is 1. The van der Waals surface area contributed by atoms with Crippen LogP contribution in [0.15, 0.2) is 72.8 Å². The van der Waals surface area contributed by atoms with Gasteiger partial charge in [0.25, 0.3) is 11.8 Å². The van der Waals surface area contributed by atoms with Gasteiger partial charge in [0.2, 0.25) is 0 Å². The van der Waals surface area contributed by atoms with Gasteiger partial charge in [0, 0.05) is 41.8 Å². The lowest BCUT2D eigenvalue weighted by Crippen LogP contribution is -2.50. The summed E-state index contributed by atoms with van der Waals surface area (Å²) in [4.78, 5) is 67.0. The summed E-state index contributed by atoms with van der Waals surface area (Å²) in [5.74, 6) is -2.75. The monoisotopic (exact) mass is 782 g/mol. The van der Waals surface area contributed by atoms with Crippen LogP contribution in [0.4, 0.5) is 15.5 Å². The number of likely N-dealkylation sites (N-methyl/N-ethyl adjacent to an activating group) is 2. The SMILES string of the molecule is CCC(C(C)N(C)C(=O)OCC(=O)O)N(CC)Cc1cccc(C(=O)Nc2sc3c(c2C(=O)Nc2ccc(CCc4ccc(C(=O)O)cc4)cc2)CCCC3)c1. The van der Waals surface area contributed by atoms with Gasteiger partial charge >= 0.3 is 18.0 Å². The maximum Gasteiger partial charge on any atom is 0.410 e. The van der Waals surface area contributed by atoms with E-state index in [-0.39, 0.29) is 29.5 Å². The maximum absolute atomic E-state index is 13.9. The fraction of sp³-hybridized carbons (Fsp3) is 0.372. The lowest BCUT2D eigenvalue weighted by Gasteiger charge is -2.38. The summed E-state index contributed by atoms with van der Waals surface area (Å²) in [6.45, 7) is 6.44. The van der Waals surface area contributed by atoms with Crippen LogP contribution in [0, 0.1) is 0 Å². The number of hydrogen-bond donors (Lipinski definition) is 4. The Morgan fingerprint density at radius 3 is 2.11 bits per heavy atom. The molecule has 4 aromatic rings. The Hall–Kier alpha value is -5.53. The second kappa shape index (κ2) is 19.4. The Bertz CT molecular complexity index is 2030. The molecule has 3 aromatic carbocycles. The molecule has 1 heterocycles. The smallest absolute Gasteiger partial charge is 0.410 e. The van der Waals surface area contributed by atoms with Gasteiger partial charge in [0.1, 0.15) is 5.00 Å². The van der Waals surface area contributed by atoms with E-state index in [0.717, 1.165) is 72.1 Å². The second-order valence-electron chi connectivity index (χ2n) is 14.1. The lowest BCUT2D eigenvalue weighted by atomic mass is 9.95. The minimum atomic E-state index is -1.22. The Morgan fingerprint density at radius 2 is 1.48 bits per heavy atom. The van der Waals surface area contributed by atoms with Gasteiger partial charge in [-0.3, -0.25) is 14.5 Å². The Morgan fingerprint density at radius 1 is 0.821 bits per heavy atom. The van der Waals surface area contributed by atoms with Gasteiger partial charge in [-0.25, -0.2) is 14.4 Å². The third-order valence-corrected chi connectivity index (χ3v) is 11.6. The van der Waals surface area contributed by atoms with E-state index in [4.69, 9.17) is 14.9 Å². The number of thiophene rings is 1. The summed E-state index contributed by atoms with van der Waals surface area (Å²) in [5.41, 5.74) is 5.89. The average Bonchev–Trinajstić information content (AvgIpc) is 3.57. The van der Waals surface area contributed by atoms with E-state index >= 15 is 0 Å². The van der Waals surface area contributed by atoms with Crippen LogP contribution in [0.1, 0.15) is 98.2 Å². The first-order valence-electron chi connectivity index (χ1n) is 19.0. The molecule has 0 saturated carbocycles. The van der Waals surface area contributed by atoms with Crippen LogP contribution in [0.5, 0.6) is 0 Å². The zero-order valence-corrected chi connectivity index (χ0v) is 33.1. The number of aromatic carboxylic acids is 1. The van der Waals surface area contributed by atoms with Crippen molar-refractivity contribution >= 4 is 51.9 Å². The molecule has 2 atom stereocenters. The van der Waals surface area contributed by atoms with Crippen molar-refractivity contribution in [2.75, 3.05) is 30.8 Å². The van der Waals surface area contributed by atoms with E-state index in [1.807, 2.05) is 75.4 Å². The van der Waals surface area contributed by atoms with E-state index in [1.165, 1.54) is 16.2 Å². The molecule has 1 aromatic heterocycles. The number of ether oxygens (including phenoxy) is 1. The molecule has 5 rings (SSSR count). The van der Waals surface area contributed by atoms with Crippen molar-refractivity contribution < 1.29 is 38.9 Å². The fourth-order valence-electron chi connectivity index (χ4n) is 7.18. The normalized spacial score (nSPS) is 13.3. The number of benzene rings is 3. The first-order valence-corrected chi connectivity index (χ1v) is 19.8. The molecule has 0 radical (unpaired) electrons. The van der Waals surface area contributed by atoms with Gasteiger partial charge in [0.15, 0.2) is 6.61 Å². The van der Waals surface area contributed by atoms with Gasteiger partial charge < -0.3 is 30.5 Å². The number of nitrogens with zero attached hydrogens (tertiary/aromatic N) is 2. The van der Waals surface area contributed by atoms with Crippen LogP contribution >= 0.6 is 11.3 Å². The van der Waals surface area contributed by atoms with E-state index < -0.39 is 24.6 Å². The van der Waals surface area contributed by atoms with Crippen LogP contribution in [0.2, 0.25) is 0 Å². The number of rotatable bonds is 17. The molecule has 0 bridgehead atoms. The van der Waals surface area contributed by atoms with Gasteiger partial charge in [-0.15, -0.1) is 11.3 Å². The molecule has 56 heavy (non-hydrogen) atoms. The van der Waals surface area contributed by atoms with E-state index in [0.29, 0.717) is 34.9 Å². The second-order valence-corrected chi connectivity index (χ2v) is 15.2. The average molecular weight is 783 g/mol. The highest BCUT2D eigenvalue weighted by Gasteiger charge is 2.30. The van der Waals surface area contributed by atoms with Gasteiger partial charge in [-0.1, -0.05) is 50.2 Å². The van der Waals surface area contributed by atoms with Gasteiger partial charge in [-0.05, 0) is 117 Å². The van der Waals surface area contributed by atoms with Crippen molar-refractivity contribution in [2.45, 2.75) is 84.3 Å². The van der Waals surface area contributed by atoms with Crippen molar-refractivity contribution in [3.63, 3.8) is 0 Å². The summed E-state index contributed by atoms with van der Waals surface area (Å²) in [7, 11) is 1.60. The minimum absolute atomic E-state index is 0.0699. The van der Waals surface area contributed by atoms with Crippen molar-refractivity contribution in [2.24, 2.45) is 0 Å². The Balaban J connectivity index is 1.25. The molecule has 0 fully saturated rings. The molecule has 0 aliphatic heterocycles. The molecule has 0 spiro atoms. The number of anilines is 2. The fourth-order valence-corrected chi connectivity index (χ4v) is 8.47. The standard InChI is InChI=1S/C43H50N4O8S/c1-5-35(27(3)46(4)43(54)55-26-37(48)49)47(6-2)25-30-10-9-11-32(24-30)39(50)45-41-38(34-12-7-8-13-36(34)56-41)40(51)44-33-22-18-29(19-23-33)15-14-28-16-20-31(21-17-28)42(52)53/h9-11,16-24,27,35H,5-8,12-15,25-26H2,1-4H3,(H,44,51)(H,45,50)(H,48,49)(H,52,53). The first kappa shape index (κ1) is 41.6. The minimum Gasteiger partial charge on any atom is -0.479 e. The van der Waals surface area contributed by atoms with E-state index in [2.05, 4.69) is 15.5 Å². The molecular weight excluding hydrogens is 733 g/mol. The summed E-state index contributed by atoms with van der Waals surface area (Å²) in [5, 5.41) is 24.7. The first-order chi connectivity index (χ1) is 26.9. The van der Waals surface area contributed by atoms with Crippen molar-refractivity contribution in [3.05, 3.63) is 117 Å². The molecule has 1 aliphatic rings. The molecule has 13 heteroatoms. The number of nitrogens with one attached hydrogen (secondary N) is 2. The molecule has 12 nitrogen and oxygen atoms in total. The number of aryl methyl sites for hydroxylation is 3. The van der Waals surface area contributed by atoms with Crippen molar-refractivity contribution in [3.8, 4) is 0 Å². The van der Waals surface area contributed by atoms with Crippen LogP contribution in [-0.2, 0) is 41.8 Å². The number of hydrogen-bond acceptors (Lipinski definition) is 8. The number of carboxylic acid groups (broad SMARTS) is 2. The predicted molar refractivity (Wildman–Crippen MR) is 217 cm³/mol. The highest BCUT2D eigenvalue weighted by Crippen LogP contribution is 2.39. The molecule has 4 N–H and O–H groups in total. The topological polar surface area (TPSA) is 166 Å². The molecule has 296 valence electrons. The molecule has 1 aliphatic carbocycles. The summed E-state index contributed by atoms with van der Waals surface area (Å²) in [6, 6.07) is 21.6. The Labute approximate surface area is 331 Å². The largest absolute Gasteiger partial charge is 0.479 e. The van der Waals surface area contributed by atoms with Crippen LogP contribution in [-0.4, -0.2) is 82.1 Å². The molecule has 3 amide bonds. The highest BCUT2D eigenvalue weighted by molar-refractivity contribution is 7.17. The van der Waals surface area contributed by atoms with Gasteiger partial charge in [0.05, 0.1) is 11.1 Å². The summed E-state index contributed by atoms with van der Waals surface area (Å²) in [6.07, 6.45) is 5.15. The van der Waals surface area contributed by atoms with Crippen LogP contribution in [0.3, 0.4) is 0 Å². The number of carboxylic acids is 2. The zero-order valence-electron chi connectivity index (χ0n) is 32.3. The van der Waals surface area contributed by atoms with Crippen LogP contribution in [0.25, 0.3) is 0 Å². The maximum atomic E-state index is 13.9. The van der Waals surface area contributed by atoms with Crippen LogP contribution < -0.4 is 10.6 Å². The number of carbonyl (C=O) groups excluding carboxylic acids is 3. The van der Waals surface area contributed by atoms with E-state index in [1.54, 1.807) is 25.2 Å². The quantitative estimate of drug-likeness (QED) is 0.0838. The molecule has 0 saturated heterocycles. The summed E-state index contributed by atoms with van der Waals surface area (Å²) < 4.78 is 4.90. The lowest BCUT2D eigenvalue weighted by molar-refractivity contribution is -0.140. The van der Waals surface area contributed by atoms with Crippen molar-refractivity contribution in [1.82, 2.24) is 9.80 Å². The Kier molecular flexibility index (Phi) is 14.4. The molecule has 2 unspecified atom stereocenters. The van der Waals surface area contributed by atoms with E-state index in [9.17, 15) is 24.0 Å². The predicted octanol–water partition coefficient (Wildman–Crippen LogP) is 7.76. The third-order valence-electron chi connectivity index (χ3n) is 10.4. The number of carbonyl (C=O) groups is 5. The van der Waals surface area contributed by atoms with Gasteiger partial charge in [-0.2, -0.15) is 0 Å².